The third-order valence-electron chi connectivity index (χ3n) is 8.93. The van der Waals surface area contributed by atoms with Gasteiger partial charge in [-0.1, -0.05) is 65.2 Å². The number of nitrogens with two attached hydrogens (primary N) is 3. The fourth-order valence-corrected chi connectivity index (χ4v) is 7.27. The fraction of sp³-hybridized carbons (Fsp3) is 0.684. The molecule has 0 aliphatic carbocycles. The number of nitrogens with zero attached hydrogens (tertiary/aromatic N) is 8. The van der Waals surface area contributed by atoms with E-state index in [-0.39, 0.29) is 48.6 Å². The number of carbonyl (C=O) groups excluding carboxylic acids is 2. The van der Waals surface area contributed by atoms with Crippen molar-refractivity contribution in [2.24, 2.45) is 5.73 Å². The molecule has 0 spiro atoms. The molecule has 4 aromatic rings. The minimum absolute atomic E-state index is 0. The molecule has 0 aliphatic heterocycles. The summed E-state index contributed by atoms with van der Waals surface area (Å²) >= 11 is 0. The number of unbranched alkanes of at least 4 members (excludes halogenated alkanes) is 8. The summed E-state index contributed by atoms with van der Waals surface area (Å²) in [7, 11) is -8.06. The van der Waals surface area contributed by atoms with Gasteiger partial charge in [0.25, 0.3) is 8.97 Å². The zero-order chi connectivity index (χ0) is 49.0. The Morgan fingerprint density at radius 3 is 1.53 bits per heavy atom. The van der Waals surface area contributed by atoms with Crippen LogP contribution in [-0.2, 0) is 69.3 Å². The van der Waals surface area contributed by atoms with Crippen LogP contribution in [-0.4, -0.2) is 117 Å². The number of fused-ring (bicyclic) bond motifs is 2. The maximum Gasteiger partial charge on any atom is 0.350 e. The number of hydrogen-bond donors (Lipinski definition) is 7. The zero-order valence-electron chi connectivity index (χ0n) is 39.5. The van der Waals surface area contributed by atoms with Crippen molar-refractivity contribution >= 4 is 73.4 Å². The molecule has 1 radical (unpaired) electrons. The van der Waals surface area contributed by atoms with Gasteiger partial charge in [0.05, 0.1) is 51.2 Å². The van der Waals surface area contributed by atoms with Gasteiger partial charge in [-0.25, -0.2) is 35.0 Å². The van der Waals surface area contributed by atoms with E-state index in [2.05, 4.69) is 50.3 Å². The van der Waals surface area contributed by atoms with E-state index < -0.39 is 58.1 Å². The standard InChI is InChI=1S/C19H33N6O5P.C10H21NO2.C9H14N5O4P.ClH.FH.V/c1-4-5-6-7-8-9-29-19(26)15(3)24-31(27,28)13-30-14(2)10-25-12-23-16-17(20)21-11-22-18(16)25;1-3-4-5-6-7-8-13-10(12)9(2)11;1-6(18-5-19(15,16)17)2-14-4-13-7-8(10)11-3-12-9(7)14;;;/h11-12,14-15H,4-10,13H2,1-3H3,(H2,20,21,22)(H2,24,27,28);9H,3-8,11H2,1-2H3;3-4,6H,2,5H2,1H3,(H2,10,11,12)(H2,15,16,17);2*1H;/t14-,15+;9-;6-;;;/m101.../s1/i/hT. The third-order valence-corrected chi connectivity index (χ3v) is 10.7. The first-order chi connectivity index (χ1) is 30.8. The number of carbonyl (C=O) groups is 2. The van der Waals surface area contributed by atoms with Crippen molar-refractivity contribution in [3.05, 3.63) is 25.3 Å². The van der Waals surface area contributed by atoms with Gasteiger partial charge in [-0.15, -0.1) is 12.4 Å². The predicted octanol–water partition coefficient (Wildman–Crippen LogP) is 4.82. The molecule has 10 N–H and O–H groups in total. The molecule has 0 saturated heterocycles. The number of ether oxygens (including phenoxy) is 4. The first-order valence-electron chi connectivity index (χ1n) is 21.4. The van der Waals surface area contributed by atoms with E-state index in [0.717, 1.165) is 44.9 Å². The predicted molar refractivity (Wildman–Crippen MR) is 248 cm³/mol. The summed E-state index contributed by atoms with van der Waals surface area (Å²) < 4.78 is 60.2. The molecule has 28 heteroatoms. The third kappa shape index (κ3) is 25.7. The molecule has 377 valence electrons. The molecule has 0 aliphatic rings. The molecule has 0 aromatic carbocycles. The molecule has 66 heavy (non-hydrogen) atoms. The molecule has 1 unspecified atom stereocenters. The van der Waals surface area contributed by atoms with Crippen molar-refractivity contribution in [1.82, 2.24) is 44.1 Å². The van der Waals surface area contributed by atoms with Gasteiger partial charge in [0.2, 0.25) is 0 Å². The van der Waals surface area contributed by atoms with Crippen molar-refractivity contribution in [3.8, 4) is 0 Å². The van der Waals surface area contributed by atoms with E-state index in [4.69, 9.17) is 50.7 Å². The van der Waals surface area contributed by atoms with Crippen LogP contribution in [0.25, 0.3) is 22.3 Å². The van der Waals surface area contributed by atoms with Crippen molar-refractivity contribution in [1.29, 1.82) is 1.45 Å². The summed E-state index contributed by atoms with van der Waals surface area (Å²) in [5.74, 6) is -0.286. The number of nitrogens with one attached hydrogen (secondary N) is 1. The van der Waals surface area contributed by atoms with Crippen LogP contribution in [0.15, 0.2) is 25.3 Å². The first-order valence-corrected chi connectivity index (χ1v) is 24.7. The summed E-state index contributed by atoms with van der Waals surface area (Å²) in [5, 5.41) is 2.42. The number of rotatable bonds is 26. The Morgan fingerprint density at radius 2 is 1.12 bits per heavy atom. The van der Waals surface area contributed by atoms with Gasteiger partial charge in [0.15, 0.2) is 22.9 Å². The fourth-order valence-electron chi connectivity index (χ4n) is 5.58. The number of esters is 2. The molecule has 4 heterocycles. The van der Waals surface area contributed by atoms with Crippen molar-refractivity contribution in [3.63, 3.8) is 0 Å². The molecule has 0 saturated carbocycles. The Hall–Kier alpha value is -3.38. The Labute approximate surface area is 404 Å². The molecule has 23 nitrogen and oxygen atoms in total. The Bertz CT molecular complexity index is 2080. The summed E-state index contributed by atoms with van der Waals surface area (Å²) in [5.41, 5.74) is 18.8. The van der Waals surface area contributed by atoms with Gasteiger partial charge in [0, 0.05) is 18.6 Å². The molecular formula is C38H70ClFN12O11P2V. The van der Waals surface area contributed by atoms with E-state index in [1.54, 1.807) is 36.2 Å². The van der Waals surface area contributed by atoms with Gasteiger partial charge in [-0.05, 0) is 40.5 Å². The largest absolute Gasteiger partial charge is 0.465 e. The molecule has 0 amide bonds. The van der Waals surface area contributed by atoms with E-state index in [0.29, 0.717) is 48.6 Å². The van der Waals surface area contributed by atoms with Gasteiger partial charge in [-0.3, -0.25) is 23.4 Å². The van der Waals surface area contributed by atoms with Crippen molar-refractivity contribution in [2.75, 3.05) is 37.4 Å². The number of aromatic nitrogens is 8. The van der Waals surface area contributed by atoms with Crippen LogP contribution in [0.4, 0.5) is 16.4 Å². The quantitative estimate of drug-likeness (QED) is 0.0252. The van der Waals surface area contributed by atoms with E-state index in [1.165, 1.54) is 45.2 Å². The van der Waals surface area contributed by atoms with Crippen molar-refractivity contribution in [2.45, 2.75) is 143 Å². The molecule has 0 fully saturated rings. The van der Waals surface area contributed by atoms with Gasteiger partial charge in [0.1, 0.15) is 48.5 Å². The second kappa shape index (κ2) is 34.0. The number of hydrogen-bond acceptors (Lipinski definition) is 17. The van der Waals surface area contributed by atoms with Crippen LogP contribution in [0.2, 0.25) is 0 Å². The van der Waals surface area contributed by atoms with Crippen LogP contribution in [0.3, 0.4) is 0 Å². The van der Waals surface area contributed by atoms with E-state index >= 15 is 0 Å². The van der Waals surface area contributed by atoms with Crippen LogP contribution in [0.1, 0.15) is 106 Å². The first kappa shape index (κ1) is 62.6. The molecule has 4 aromatic heterocycles. The molecule has 0 bridgehead atoms. The second-order valence-corrected chi connectivity index (χ2v) is 18.5. The minimum atomic E-state index is -4.16. The monoisotopic (exact) mass is 1040 g/mol. The average Bonchev–Trinajstić information content (AvgIpc) is 3.87. The summed E-state index contributed by atoms with van der Waals surface area (Å²) in [4.78, 5) is 74.7. The van der Waals surface area contributed by atoms with E-state index in [9.17, 15) is 23.6 Å². The maximum absolute atomic E-state index is 12.4. The average molecular weight is 1040 g/mol. The molecule has 4 rings (SSSR count). The van der Waals surface area contributed by atoms with Crippen LogP contribution >= 0.6 is 27.5 Å². The SMILES string of the molecule is CCCCCCCOC(=O)[C@H](C)N.CCCCCCCOC(=O)[C@H](C)NP(=O)(O)CO[C@H](C)Cn1cnc2c(N)ncnc21.C[C@H](Cn1cnc2c(N)ncnc21)OCP(=O)(O)O.Cl.[3H]F.[V]. The van der Waals surface area contributed by atoms with Crippen LogP contribution in [0.5, 0.6) is 0 Å². The maximum atomic E-state index is 12.4. The van der Waals surface area contributed by atoms with Crippen molar-refractivity contribution < 1.29 is 75.6 Å². The number of imidazole rings is 2. The molecule has 5 atom stereocenters. The summed E-state index contributed by atoms with van der Waals surface area (Å²) in [6.07, 6.45) is 14.9. The number of anilines is 2. The van der Waals surface area contributed by atoms with Crippen LogP contribution in [0, 0.1) is 0 Å². The number of halogens is 2. The van der Waals surface area contributed by atoms with Gasteiger partial charge < -0.3 is 60.0 Å². The van der Waals surface area contributed by atoms with Gasteiger partial charge >= 0.3 is 19.5 Å². The topological polar surface area (TPSA) is 343 Å². The summed E-state index contributed by atoms with van der Waals surface area (Å²) in [6.45, 7) is 12.4. The number of nitrogen functional groups attached to an aromatic ring is 2. The van der Waals surface area contributed by atoms with Gasteiger partial charge in [-0.2, -0.15) is 0 Å². The Balaban J connectivity index is 0. The normalized spacial score (nSPS) is 13.8. The van der Waals surface area contributed by atoms with Crippen LogP contribution < -0.4 is 22.3 Å². The smallest absolute Gasteiger partial charge is 0.350 e. The zero-order valence-corrected chi connectivity index (χ0v) is 42.5. The van der Waals surface area contributed by atoms with E-state index in [1.807, 2.05) is 0 Å². The second-order valence-electron chi connectivity index (χ2n) is 15.0. The summed E-state index contributed by atoms with van der Waals surface area (Å²) in [6, 6.07) is -1.40. The minimum Gasteiger partial charge on any atom is -0.465 e. The Morgan fingerprint density at radius 1 is 0.712 bits per heavy atom. The Kier molecular flexibility index (Phi) is 32.3. The molecular weight excluding hydrogens is 968 g/mol.